The maximum Gasteiger partial charge on any atom is 0.241 e. The molecule has 1 amide bonds. The van der Waals surface area contributed by atoms with Crippen LogP contribution in [0.2, 0.25) is 0 Å². The third-order valence-electron chi connectivity index (χ3n) is 4.80. The summed E-state index contributed by atoms with van der Waals surface area (Å²) in [7, 11) is 0. The molecule has 0 radical (unpaired) electrons. The molecule has 0 bridgehead atoms. The van der Waals surface area contributed by atoms with Gasteiger partial charge in [-0.15, -0.1) is 0 Å². The highest BCUT2D eigenvalue weighted by Crippen LogP contribution is 2.38. The van der Waals surface area contributed by atoms with Gasteiger partial charge in [-0.05, 0) is 47.6 Å². The number of rotatable bonds is 4. The number of nitrogens with zero attached hydrogens (tertiary/aromatic N) is 1. The zero-order valence-corrected chi connectivity index (χ0v) is 13.2. The smallest absolute Gasteiger partial charge is 0.241 e. The number of nitrogens with one attached hydrogen (secondary N) is 1. The zero-order valence-electron chi connectivity index (χ0n) is 12.3. The first-order valence-electron chi connectivity index (χ1n) is 7.82. The molecule has 1 aliphatic carbocycles. The number of hydrogen-bond donors (Lipinski definition) is 1. The van der Waals surface area contributed by atoms with E-state index < -0.39 is 0 Å². The van der Waals surface area contributed by atoms with Crippen molar-refractivity contribution in [2.45, 2.75) is 64.2 Å². The summed E-state index contributed by atoms with van der Waals surface area (Å²) >= 11 is 1.71. The molecule has 1 N–H and O–H groups in total. The molecule has 0 aromatic carbocycles. The monoisotopic (exact) mass is 292 g/mol. The van der Waals surface area contributed by atoms with Crippen LogP contribution in [-0.2, 0) is 4.79 Å². The normalized spacial score (nSPS) is 34.1. The minimum Gasteiger partial charge on any atom is -0.318 e. The number of carbonyl (C=O) groups is 1. The van der Waals surface area contributed by atoms with Gasteiger partial charge in [0, 0.05) is 6.04 Å². The van der Waals surface area contributed by atoms with E-state index in [1.54, 1.807) is 11.3 Å². The van der Waals surface area contributed by atoms with E-state index in [4.69, 9.17) is 0 Å². The highest BCUT2D eigenvalue weighted by atomic mass is 32.1. The number of thiophene rings is 1. The third-order valence-corrected chi connectivity index (χ3v) is 5.50. The fraction of sp³-hybridized carbons (Fsp3) is 0.688. The maximum absolute atomic E-state index is 12.8. The molecular weight excluding hydrogens is 268 g/mol. The Morgan fingerprint density at radius 3 is 2.90 bits per heavy atom. The first-order chi connectivity index (χ1) is 9.72. The van der Waals surface area contributed by atoms with E-state index in [0.717, 1.165) is 19.3 Å². The first-order valence-corrected chi connectivity index (χ1v) is 8.77. The third kappa shape index (κ3) is 2.40. The van der Waals surface area contributed by atoms with Crippen LogP contribution < -0.4 is 5.32 Å². The van der Waals surface area contributed by atoms with Crippen LogP contribution in [0.3, 0.4) is 0 Å². The van der Waals surface area contributed by atoms with E-state index in [9.17, 15) is 4.79 Å². The van der Waals surface area contributed by atoms with Gasteiger partial charge >= 0.3 is 0 Å². The number of hydrogen-bond acceptors (Lipinski definition) is 3. The van der Waals surface area contributed by atoms with Crippen molar-refractivity contribution in [3.63, 3.8) is 0 Å². The van der Waals surface area contributed by atoms with E-state index in [2.05, 4.69) is 40.9 Å². The van der Waals surface area contributed by atoms with E-state index >= 15 is 0 Å². The molecule has 4 unspecified atom stereocenters. The van der Waals surface area contributed by atoms with Gasteiger partial charge in [-0.2, -0.15) is 11.3 Å². The van der Waals surface area contributed by atoms with Gasteiger partial charge in [0.1, 0.15) is 6.17 Å². The summed E-state index contributed by atoms with van der Waals surface area (Å²) in [6, 6.07) is 2.58. The average molecular weight is 292 g/mol. The molecule has 1 saturated heterocycles. The van der Waals surface area contributed by atoms with Gasteiger partial charge in [-0.25, -0.2) is 0 Å². The minimum atomic E-state index is 0.0118. The fourth-order valence-corrected chi connectivity index (χ4v) is 4.41. The molecule has 3 nitrogen and oxygen atoms in total. The SMILES string of the molecule is CCCC1NC(c2ccsc2)N(C2CCCC2C)C1=O. The average Bonchev–Trinajstić information content (AvgIpc) is 3.12. The van der Waals surface area contributed by atoms with Gasteiger partial charge in [0.05, 0.1) is 6.04 Å². The van der Waals surface area contributed by atoms with E-state index in [1.807, 2.05) is 0 Å². The second kappa shape index (κ2) is 5.86. The topological polar surface area (TPSA) is 32.3 Å². The molecule has 110 valence electrons. The van der Waals surface area contributed by atoms with Crippen molar-refractivity contribution in [1.82, 2.24) is 10.2 Å². The predicted octanol–water partition coefficient (Wildman–Crippen LogP) is 3.54. The lowest BCUT2D eigenvalue weighted by Crippen LogP contribution is -2.41. The summed E-state index contributed by atoms with van der Waals surface area (Å²) < 4.78 is 0. The molecule has 1 aromatic heterocycles. The molecule has 1 aliphatic heterocycles. The van der Waals surface area contributed by atoms with Gasteiger partial charge in [-0.1, -0.05) is 26.7 Å². The van der Waals surface area contributed by atoms with E-state index in [0.29, 0.717) is 17.9 Å². The van der Waals surface area contributed by atoms with Crippen LogP contribution >= 0.6 is 11.3 Å². The summed E-state index contributed by atoms with van der Waals surface area (Å²) in [5.74, 6) is 0.948. The van der Waals surface area contributed by atoms with E-state index in [1.165, 1.54) is 18.4 Å². The lowest BCUT2D eigenvalue weighted by molar-refractivity contribution is -0.133. The lowest BCUT2D eigenvalue weighted by atomic mass is 10.0. The Kier molecular flexibility index (Phi) is 4.13. The largest absolute Gasteiger partial charge is 0.318 e. The van der Waals surface area contributed by atoms with Crippen LogP contribution in [0.4, 0.5) is 0 Å². The molecule has 2 fully saturated rings. The Labute approximate surface area is 125 Å². The van der Waals surface area contributed by atoms with Crippen molar-refractivity contribution in [1.29, 1.82) is 0 Å². The first kappa shape index (κ1) is 14.1. The van der Waals surface area contributed by atoms with Crippen LogP contribution in [0.15, 0.2) is 16.8 Å². The summed E-state index contributed by atoms with van der Waals surface area (Å²) in [4.78, 5) is 15.0. The van der Waals surface area contributed by atoms with E-state index in [-0.39, 0.29) is 12.2 Å². The highest BCUT2D eigenvalue weighted by molar-refractivity contribution is 7.07. The maximum atomic E-state index is 12.8. The summed E-state index contributed by atoms with van der Waals surface area (Å²) in [6.07, 6.45) is 5.75. The van der Waals surface area contributed by atoms with Gasteiger partial charge in [-0.3, -0.25) is 10.1 Å². The van der Waals surface area contributed by atoms with Crippen molar-refractivity contribution in [3.05, 3.63) is 22.4 Å². The fourth-order valence-electron chi connectivity index (χ4n) is 3.73. The van der Waals surface area contributed by atoms with Crippen LogP contribution in [0.25, 0.3) is 0 Å². The lowest BCUT2D eigenvalue weighted by Gasteiger charge is -2.32. The predicted molar refractivity (Wildman–Crippen MR) is 82.5 cm³/mol. The molecular formula is C16H24N2OS. The minimum absolute atomic E-state index is 0.0118. The second-order valence-corrected chi connectivity index (χ2v) is 6.97. The number of amides is 1. The van der Waals surface area contributed by atoms with Crippen molar-refractivity contribution in [2.24, 2.45) is 5.92 Å². The Morgan fingerprint density at radius 1 is 1.45 bits per heavy atom. The Balaban J connectivity index is 1.87. The molecule has 20 heavy (non-hydrogen) atoms. The molecule has 2 aliphatic rings. The van der Waals surface area contributed by atoms with Gasteiger partial charge in [0.25, 0.3) is 0 Å². The standard InChI is InChI=1S/C16H24N2OS/c1-3-5-13-16(19)18(14-7-4-6-11(14)2)15(17-13)12-8-9-20-10-12/h8-11,13-15,17H,3-7H2,1-2H3. The van der Waals surface area contributed by atoms with Gasteiger partial charge in [0.2, 0.25) is 5.91 Å². The molecule has 4 heteroatoms. The van der Waals surface area contributed by atoms with Crippen molar-refractivity contribution < 1.29 is 4.79 Å². The van der Waals surface area contributed by atoms with Gasteiger partial charge in [0.15, 0.2) is 0 Å². The summed E-state index contributed by atoms with van der Waals surface area (Å²) in [5, 5.41) is 7.85. The highest BCUT2D eigenvalue weighted by Gasteiger charge is 2.45. The van der Waals surface area contributed by atoms with Crippen LogP contribution in [0.5, 0.6) is 0 Å². The molecule has 2 heterocycles. The number of carbonyl (C=O) groups excluding carboxylic acids is 1. The Morgan fingerprint density at radius 2 is 2.30 bits per heavy atom. The van der Waals surface area contributed by atoms with Crippen LogP contribution in [0.1, 0.15) is 57.7 Å². The van der Waals surface area contributed by atoms with Crippen molar-refractivity contribution >= 4 is 17.2 Å². The van der Waals surface area contributed by atoms with Crippen molar-refractivity contribution in [3.8, 4) is 0 Å². The summed E-state index contributed by atoms with van der Waals surface area (Å²) in [6.45, 7) is 4.44. The Hall–Kier alpha value is -0.870. The zero-order chi connectivity index (χ0) is 14.1. The molecule has 0 spiro atoms. The van der Waals surface area contributed by atoms with Crippen LogP contribution in [-0.4, -0.2) is 22.9 Å². The second-order valence-electron chi connectivity index (χ2n) is 6.19. The molecule has 3 rings (SSSR count). The molecule has 4 atom stereocenters. The van der Waals surface area contributed by atoms with Crippen molar-refractivity contribution in [2.75, 3.05) is 0 Å². The van der Waals surface area contributed by atoms with Crippen LogP contribution in [0, 0.1) is 5.92 Å². The summed E-state index contributed by atoms with van der Waals surface area (Å²) in [5.41, 5.74) is 1.25. The Bertz CT molecular complexity index is 459. The van der Waals surface area contributed by atoms with Gasteiger partial charge < -0.3 is 4.90 Å². The molecule has 1 aromatic rings. The quantitative estimate of drug-likeness (QED) is 0.920. The molecule has 1 saturated carbocycles.